The third kappa shape index (κ3) is 3.42. The van der Waals surface area contributed by atoms with Crippen molar-refractivity contribution in [2.45, 2.75) is 38.1 Å². The number of hydrogen-bond donors (Lipinski definition) is 1. The van der Waals surface area contributed by atoms with Crippen molar-refractivity contribution in [3.63, 3.8) is 0 Å². The van der Waals surface area contributed by atoms with Gasteiger partial charge in [0.25, 0.3) is 11.8 Å². The molecule has 0 aromatic carbocycles. The van der Waals surface area contributed by atoms with Gasteiger partial charge in [-0.05, 0) is 49.3 Å². The fraction of sp³-hybridized carbons (Fsp3) is 0.353. The van der Waals surface area contributed by atoms with Gasteiger partial charge in [-0.3, -0.25) is 19.8 Å². The average Bonchev–Trinajstić information content (AvgIpc) is 3.04. The zero-order valence-electron chi connectivity index (χ0n) is 12.7. The number of carbonyl (C=O) groups is 2. The lowest BCUT2D eigenvalue weighted by molar-refractivity contribution is -0.130. The van der Waals surface area contributed by atoms with Crippen LogP contribution in [-0.2, 0) is 9.59 Å². The fourth-order valence-electron chi connectivity index (χ4n) is 2.99. The van der Waals surface area contributed by atoms with Crippen molar-refractivity contribution in [1.29, 1.82) is 0 Å². The van der Waals surface area contributed by atoms with E-state index in [4.69, 9.17) is 16.6 Å². The molecule has 2 heterocycles. The Labute approximate surface area is 140 Å². The summed E-state index contributed by atoms with van der Waals surface area (Å²) < 4.78 is 5.18. The molecule has 2 fully saturated rings. The van der Waals surface area contributed by atoms with Gasteiger partial charge >= 0.3 is 0 Å². The Kier molecular flexibility index (Phi) is 4.71. The second-order valence-electron chi connectivity index (χ2n) is 5.68. The van der Waals surface area contributed by atoms with Gasteiger partial charge in [0.05, 0.1) is 6.26 Å². The van der Waals surface area contributed by atoms with E-state index in [1.807, 2.05) is 0 Å². The molecule has 0 atom stereocenters. The highest BCUT2D eigenvalue weighted by molar-refractivity contribution is 7.80. The molecule has 1 saturated heterocycles. The Bertz CT molecular complexity index is 670. The quantitative estimate of drug-likeness (QED) is 0.526. The summed E-state index contributed by atoms with van der Waals surface area (Å²) in [5.74, 6) is -0.101. The van der Waals surface area contributed by atoms with Crippen LogP contribution in [0.5, 0.6) is 0 Å². The lowest BCUT2D eigenvalue weighted by Crippen LogP contribution is -2.57. The number of allylic oxidation sites excluding steroid dienone is 2. The predicted octanol–water partition coefficient (Wildman–Crippen LogP) is 2.80. The summed E-state index contributed by atoms with van der Waals surface area (Å²) in [5.41, 5.74) is 0.104. The molecule has 1 aliphatic heterocycles. The molecular formula is C17H18N2O3S. The topological polar surface area (TPSA) is 62.6 Å². The van der Waals surface area contributed by atoms with E-state index in [1.54, 1.807) is 35.4 Å². The van der Waals surface area contributed by atoms with E-state index in [0.29, 0.717) is 5.76 Å². The van der Waals surface area contributed by atoms with Crippen molar-refractivity contribution in [1.82, 2.24) is 10.2 Å². The number of furan rings is 1. The molecule has 3 rings (SSSR count). The zero-order valence-corrected chi connectivity index (χ0v) is 13.5. The largest absolute Gasteiger partial charge is 0.465 e. The maximum atomic E-state index is 12.7. The van der Waals surface area contributed by atoms with Crippen molar-refractivity contribution in [3.8, 4) is 0 Å². The summed E-state index contributed by atoms with van der Waals surface area (Å²) in [5, 5.41) is 2.84. The van der Waals surface area contributed by atoms with Crippen molar-refractivity contribution < 1.29 is 14.0 Å². The summed E-state index contributed by atoms with van der Waals surface area (Å²) >= 11 is 5.21. The van der Waals surface area contributed by atoms with Gasteiger partial charge in [0.2, 0.25) is 0 Å². The molecule has 1 saturated carbocycles. The van der Waals surface area contributed by atoms with Crippen LogP contribution in [-0.4, -0.2) is 27.9 Å². The van der Waals surface area contributed by atoms with Gasteiger partial charge in [0.15, 0.2) is 5.11 Å². The maximum absolute atomic E-state index is 12.7. The van der Waals surface area contributed by atoms with Crippen LogP contribution in [0.15, 0.2) is 40.5 Å². The minimum absolute atomic E-state index is 0.0850. The predicted molar refractivity (Wildman–Crippen MR) is 90.3 cm³/mol. The van der Waals surface area contributed by atoms with E-state index < -0.39 is 5.91 Å². The molecule has 1 aromatic heterocycles. The van der Waals surface area contributed by atoms with Crippen LogP contribution in [0.4, 0.5) is 0 Å². The highest BCUT2D eigenvalue weighted by Crippen LogP contribution is 2.25. The zero-order chi connectivity index (χ0) is 16.2. The number of carbonyl (C=O) groups excluding carboxylic acids is 2. The van der Waals surface area contributed by atoms with E-state index >= 15 is 0 Å². The van der Waals surface area contributed by atoms with Crippen LogP contribution in [0.1, 0.15) is 37.9 Å². The summed E-state index contributed by atoms with van der Waals surface area (Å²) in [6.07, 6.45) is 11.6. The first kappa shape index (κ1) is 15.7. The summed E-state index contributed by atoms with van der Waals surface area (Å²) in [4.78, 5) is 26.3. The Balaban J connectivity index is 1.80. The third-order valence-electron chi connectivity index (χ3n) is 4.14. The average molecular weight is 330 g/mol. The Hall–Kier alpha value is -2.21. The third-order valence-corrected chi connectivity index (χ3v) is 4.44. The van der Waals surface area contributed by atoms with E-state index in [-0.39, 0.29) is 22.6 Å². The van der Waals surface area contributed by atoms with Gasteiger partial charge in [-0.15, -0.1) is 0 Å². The minimum Gasteiger partial charge on any atom is -0.465 e. The van der Waals surface area contributed by atoms with E-state index in [2.05, 4.69) is 5.32 Å². The van der Waals surface area contributed by atoms with E-state index in [1.165, 1.54) is 12.5 Å². The van der Waals surface area contributed by atoms with Gasteiger partial charge in [0.1, 0.15) is 11.3 Å². The maximum Gasteiger partial charge on any atom is 0.265 e. The van der Waals surface area contributed by atoms with Crippen LogP contribution >= 0.6 is 12.2 Å². The molecule has 2 amide bonds. The Morgan fingerprint density at radius 3 is 2.74 bits per heavy atom. The van der Waals surface area contributed by atoms with Crippen molar-refractivity contribution in [3.05, 3.63) is 41.9 Å². The van der Waals surface area contributed by atoms with Gasteiger partial charge in [-0.25, -0.2) is 0 Å². The molecule has 6 heteroatoms. The molecule has 0 spiro atoms. The molecule has 2 aliphatic rings. The molecule has 5 nitrogen and oxygen atoms in total. The molecule has 1 N–H and O–H groups in total. The molecule has 23 heavy (non-hydrogen) atoms. The second-order valence-corrected chi connectivity index (χ2v) is 6.07. The SMILES string of the molecule is O=C1NC(=S)N(C2CCCCC2)C(=O)C1=CC=Cc1ccco1. The van der Waals surface area contributed by atoms with Crippen LogP contribution in [0.2, 0.25) is 0 Å². The number of hydrogen-bond acceptors (Lipinski definition) is 4. The first-order valence-corrected chi connectivity index (χ1v) is 8.18. The minimum atomic E-state index is -0.448. The van der Waals surface area contributed by atoms with E-state index in [0.717, 1.165) is 25.7 Å². The van der Waals surface area contributed by atoms with Crippen LogP contribution < -0.4 is 5.32 Å². The standard InChI is InChI=1S/C17H18N2O3S/c20-15-14(10-4-8-13-9-5-11-22-13)16(21)19(17(23)18-15)12-6-2-1-3-7-12/h4-5,8-12H,1-3,6-7H2,(H,18,20,23). The van der Waals surface area contributed by atoms with Crippen molar-refractivity contribution in [2.75, 3.05) is 0 Å². The number of thiocarbonyl (C=S) groups is 1. The highest BCUT2D eigenvalue weighted by Gasteiger charge is 2.37. The molecule has 1 aliphatic carbocycles. The van der Waals surface area contributed by atoms with Gasteiger partial charge < -0.3 is 4.42 Å². The van der Waals surface area contributed by atoms with E-state index in [9.17, 15) is 9.59 Å². The molecule has 0 radical (unpaired) electrons. The summed E-state index contributed by atoms with van der Waals surface area (Å²) in [6, 6.07) is 3.65. The molecular weight excluding hydrogens is 312 g/mol. The van der Waals surface area contributed by atoms with Crippen LogP contribution in [0.3, 0.4) is 0 Å². The Morgan fingerprint density at radius 2 is 2.04 bits per heavy atom. The van der Waals surface area contributed by atoms with Gasteiger partial charge in [-0.2, -0.15) is 0 Å². The normalized spacial score (nSPS) is 22.2. The molecule has 0 unspecified atom stereocenters. The monoisotopic (exact) mass is 330 g/mol. The summed E-state index contributed by atoms with van der Waals surface area (Å²) in [6.45, 7) is 0. The number of amides is 2. The Morgan fingerprint density at radius 1 is 1.26 bits per heavy atom. The number of rotatable bonds is 3. The highest BCUT2D eigenvalue weighted by atomic mass is 32.1. The fourth-order valence-corrected chi connectivity index (χ4v) is 3.31. The second kappa shape index (κ2) is 6.91. The van der Waals surface area contributed by atoms with Gasteiger partial charge in [0, 0.05) is 6.04 Å². The first-order valence-electron chi connectivity index (χ1n) is 7.77. The van der Waals surface area contributed by atoms with Gasteiger partial charge in [-0.1, -0.05) is 25.3 Å². The molecule has 1 aromatic rings. The van der Waals surface area contributed by atoms with Crippen LogP contribution in [0.25, 0.3) is 6.08 Å². The first-order chi connectivity index (χ1) is 11.2. The number of nitrogens with zero attached hydrogens (tertiary/aromatic N) is 1. The molecule has 120 valence electrons. The molecule has 0 bridgehead atoms. The summed E-state index contributed by atoms with van der Waals surface area (Å²) in [7, 11) is 0. The van der Waals surface area contributed by atoms with Crippen LogP contribution in [0, 0.1) is 0 Å². The lowest BCUT2D eigenvalue weighted by Gasteiger charge is -2.37. The smallest absolute Gasteiger partial charge is 0.265 e. The number of nitrogens with one attached hydrogen (secondary N) is 1. The lowest BCUT2D eigenvalue weighted by atomic mass is 9.93. The van der Waals surface area contributed by atoms with Crippen molar-refractivity contribution >= 4 is 35.2 Å². The van der Waals surface area contributed by atoms with Crippen molar-refractivity contribution in [2.24, 2.45) is 0 Å².